The summed E-state index contributed by atoms with van der Waals surface area (Å²) < 4.78 is 7.44. The first kappa shape index (κ1) is 14.4. The molecule has 1 heterocycles. The molecular weight excluding hydrogens is 407 g/mol. The van der Waals surface area contributed by atoms with Crippen molar-refractivity contribution in [3.63, 3.8) is 0 Å². The lowest BCUT2D eigenvalue weighted by atomic mass is 9.98. The number of fused-ring (bicyclic) bond motifs is 1. The quantitative estimate of drug-likeness (QED) is 0.753. The van der Waals surface area contributed by atoms with Gasteiger partial charge in [0.05, 0.1) is 6.61 Å². The van der Waals surface area contributed by atoms with E-state index in [9.17, 15) is 5.11 Å². The fraction of sp³-hybridized carbons (Fsp3) is 0.200. The van der Waals surface area contributed by atoms with Crippen LogP contribution in [0.15, 0.2) is 39.3 Å². The highest BCUT2D eigenvalue weighted by molar-refractivity contribution is 9.11. The SMILES string of the molecule is OC(c1ccc(Br)cc1Br)c1cc(Cl)cc2c1OCC2. The van der Waals surface area contributed by atoms with Crippen LogP contribution in [0.3, 0.4) is 0 Å². The number of halogens is 3. The highest BCUT2D eigenvalue weighted by Crippen LogP contribution is 2.40. The maximum Gasteiger partial charge on any atom is 0.128 e. The molecule has 0 aromatic heterocycles. The van der Waals surface area contributed by atoms with Crippen molar-refractivity contribution in [3.8, 4) is 5.75 Å². The summed E-state index contributed by atoms with van der Waals surface area (Å²) in [7, 11) is 0. The first-order chi connectivity index (χ1) is 9.56. The number of rotatable bonds is 2. The first-order valence-corrected chi connectivity index (χ1v) is 8.11. The molecule has 0 aliphatic carbocycles. The van der Waals surface area contributed by atoms with Crippen LogP contribution in [0.5, 0.6) is 5.75 Å². The molecule has 1 aliphatic rings. The molecule has 0 spiro atoms. The number of benzene rings is 2. The maximum absolute atomic E-state index is 10.7. The van der Waals surface area contributed by atoms with Gasteiger partial charge < -0.3 is 9.84 Å². The highest BCUT2D eigenvalue weighted by Gasteiger charge is 2.24. The van der Waals surface area contributed by atoms with Crippen LogP contribution in [0.2, 0.25) is 5.02 Å². The molecule has 2 nitrogen and oxygen atoms in total. The van der Waals surface area contributed by atoms with Gasteiger partial charge in [-0.2, -0.15) is 0 Å². The van der Waals surface area contributed by atoms with E-state index in [1.165, 1.54) is 0 Å². The van der Waals surface area contributed by atoms with Gasteiger partial charge in [-0.25, -0.2) is 0 Å². The van der Waals surface area contributed by atoms with E-state index in [0.29, 0.717) is 17.2 Å². The number of aliphatic hydroxyl groups is 1. The van der Waals surface area contributed by atoms with E-state index in [1.54, 1.807) is 6.07 Å². The van der Waals surface area contributed by atoms with Crippen LogP contribution in [0.4, 0.5) is 0 Å². The number of hydrogen-bond acceptors (Lipinski definition) is 2. The summed E-state index contributed by atoms with van der Waals surface area (Å²) >= 11 is 13.0. The number of ether oxygens (including phenoxy) is 1. The van der Waals surface area contributed by atoms with Gasteiger partial charge in [-0.15, -0.1) is 0 Å². The van der Waals surface area contributed by atoms with Gasteiger partial charge in [-0.05, 0) is 35.4 Å². The summed E-state index contributed by atoms with van der Waals surface area (Å²) in [5.74, 6) is 0.761. The van der Waals surface area contributed by atoms with E-state index >= 15 is 0 Å². The van der Waals surface area contributed by atoms with Crippen LogP contribution in [0.25, 0.3) is 0 Å². The molecule has 0 radical (unpaired) electrons. The van der Waals surface area contributed by atoms with E-state index < -0.39 is 6.10 Å². The van der Waals surface area contributed by atoms with Crippen LogP contribution in [-0.4, -0.2) is 11.7 Å². The molecule has 1 atom stereocenters. The van der Waals surface area contributed by atoms with Crippen molar-refractivity contribution in [2.45, 2.75) is 12.5 Å². The standard InChI is InChI=1S/C15H11Br2ClO2/c16-9-1-2-11(13(17)6-9)14(19)12-7-10(18)5-8-3-4-20-15(8)12/h1-2,5-7,14,19H,3-4H2. The van der Waals surface area contributed by atoms with Gasteiger partial charge in [0.2, 0.25) is 0 Å². The number of hydrogen-bond donors (Lipinski definition) is 1. The van der Waals surface area contributed by atoms with Gasteiger partial charge in [0.15, 0.2) is 0 Å². The third kappa shape index (κ3) is 2.62. The molecule has 5 heteroatoms. The summed E-state index contributed by atoms with van der Waals surface area (Å²) in [4.78, 5) is 0. The summed E-state index contributed by atoms with van der Waals surface area (Å²) in [6.45, 7) is 0.636. The fourth-order valence-corrected chi connectivity index (χ4v) is 3.90. The van der Waals surface area contributed by atoms with Gasteiger partial charge in [0.25, 0.3) is 0 Å². The molecule has 2 aromatic rings. The molecule has 1 unspecified atom stereocenters. The molecule has 0 saturated carbocycles. The topological polar surface area (TPSA) is 29.5 Å². The minimum atomic E-state index is -0.775. The molecule has 2 aromatic carbocycles. The van der Waals surface area contributed by atoms with Crippen LogP contribution in [0.1, 0.15) is 22.8 Å². The normalized spacial score (nSPS) is 14.8. The highest BCUT2D eigenvalue weighted by atomic mass is 79.9. The van der Waals surface area contributed by atoms with E-state index in [4.69, 9.17) is 16.3 Å². The van der Waals surface area contributed by atoms with E-state index in [1.807, 2.05) is 24.3 Å². The second-order valence-electron chi connectivity index (χ2n) is 4.65. The smallest absolute Gasteiger partial charge is 0.128 e. The van der Waals surface area contributed by atoms with Crippen LogP contribution in [0, 0.1) is 0 Å². The van der Waals surface area contributed by atoms with Crippen molar-refractivity contribution in [1.29, 1.82) is 0 Å². The predicted octanol–water partition coefficient (Wildman–Crippen LogP) is 4.88. The van der Waals surface area contributed by atoms with Crippen LogP contribution in [-0.2, 0) is 6.42 Å². The molecule has 104 valence electrons. The van der Waals surface area contributed by atoms with E-state index in [-0.39, 0.29) is 0 Å². The zero-order valence-corrected chi connectivity index (χ0v) is 14.3. The largest absolute Gasteiger partial charge is 0.493 e. The molecule has 1 aliphatic heterocycles. The van der Waals surface area contributed by atoms with Crippen LogP contribution < -0.4 is 4.74 Å². The third-order valence-corrected chi connectivity index (χ3v) is 4.73. The Balaban J connectivity index is 2.09. The van der Waals surface area contributed by atoms with Gasteiger partial charge in [0.1, 0.15) is 11.9 Å². The van der Waals surface area contributed by atoms with Crippen molar-refractivity contribution in [3.05, 3.63) is 61.0 Å². The number of aliphatic hydroxyl groups excluding tert-OH is 1. The van der Waals surface area contributed by atoms with Crippen molar-refractivity contribution >= 4 is 43.5 Å². The Morgan fingerprint density at radius 2 is 1.95 bits per heavy atom. The Hall–Kier alpha value is -0.550. The molecule has 0 bridgehead atoms. The van der Waals surface area contributed by atoms with Crippen molar-refractivity contribution in [2.24, 2.45) is 0 Å². The Morgan fingerprint density at radius 1 is 1.15 bits per heavy atom. The van der Waals surface area contributed by atoms with Gasteiger partial charge in [-0.3, -0.25) is 0 Å². The monoisotopic (exact) mass is 416 g/mol. The minimum absolute atomic E-state index is 0.622. The Kier molecular flexibility index (Phi) is 4.09. The van der Waals surface area contributed by atoms with E-state index in [0.717, 1.165) is 32.2 Å². The summed E-state index contributed by atoms with van der Waals surface area (Å²) in [6.07, 6.45) is 0.0555. The lowest BCUT2D eigenvalue weighted by Crippen LogP contribution is -2.03. The maximum atomic E-state index is 10.7. The molecule has 3 rings (SSSR count). The Bertz CT molecular complexity index is 673. The Morgan fingerprint density at radius 3 is 2.70 bits per heavy atom. The van der Waals surface area contributed by atoms with Gasteiger partial charge in [-0.1, -0.05) is 49.5 Å². The van der Waals surface area contributed by atoms with Crippen LogP contribution >= 0.6 is 43.5 Å². The average molecular weight is 419 g/mol. The second-order valence-corrected chi connectivity index (χ2v) is 6.86. The third-order valence-electron chi connectivity index (χ3n) is 3.33. The van der Waals surface area contributed by atoms with Gasteiger partial charge >= 0.3 is 0 Å². The Labute approximate surface area is 139 Å². The summed E-state index contributed by atoms with van der Waals surface area (Å²) in [5, 5.41) is 11.3. The molecule has 0 saturated heterocycles. The van der Waals surface area contributed by atoms with E-state index in [2.05, 4.69) is 31.9 Å². The molecule has 0 amide bonds. The van der Waals surface area contributed by atoms with Crippen molar-refractivity contribution in [1.82, 2.24) is 0 Å². The van der Waals surface area contributed by atoms with Gasteiger partial charge in [0, 0.05) is 26.0 Å². The summed E-state index contributed by atoms with van der Waals surface area (Å²) in [6, 6.07) is 9.35. The minimum Gasteiger partial charge on any atom is -0.493 e. The van der Waals surface area contributed by atoms with Crippen molar-refractivity contribution < 1.29 is 9.84 Å². The predicted molar refractivity (Wildman–Crippen MR) is 86.6 cm³/mol. The van der Waals surface area contributed by atoms with Crippen molar-refractivity contribution in [2.75, 3.05) is 6.61 Å². The molecule has 1 N–H and O–H groups in total. The summed E-state index contributed by atoms with van der Waals surface area (Å²) in [5.41, 5.74) is 2.56. The first-order valence-electron chi connectivity index (χ1n) is 6.14. The molecular formula is C15H11Br2ClO2. The molecule has 20 heavy (non-hydrogen) atoms. The zero-order chi connectivity index (χ0) is 14.3. The molecule has 0 fully saturated rings. The second kappa shape index (κ2) is 5.68. The fourth-order valence-electron chi connectivity index (χ4n) is 2.39. The average Bonchev–Trinajstić information content (AvgIpc) is 2.85. The lowest BCUT2D eigenvalue weighted by molar-refractivity contribution is 0.213. The lowest BCUT2D eigenvalue weighted by Gasteiger charge is -2.17. The zero-order valence-electron chi connectivity index (χ0n) is 10.4.